The molecule has 1 amide bonds. The second-order valence-electron chi connectivity index (χ2n) is 19.6. The number of aliphatic hydroxyl groups is 5. The number of rotatable bonds is 47. The first-order chi connectivity index (χ1) is 36.2. The number of allylic oxidation sites excluding steroid dienone is 17. The van der Waals surface area contributed by atoms with Crippen LogP contribution < -0.4 is 5.32 Å². The summed E-state index contributed by atoms with van der Waals surface area (Å²) >= 11 is 0. The number of hydrogen-bond donors (Lipinski definition) is 6. The second kappa shape index (κ2) is 50.2. The van der Waals surface area contributed by atoms with E-state index in [1.807, 2.05) is 6.08 Å². The third kappa shape index (κ3) is 38.0. The van der Waals surface area contributed by atoms with Crippen LogP contribution in [-0.4, -0.2) is 99.6 Å². The van der Waals surface area contributed by atoms with Crippen molar-refractivity contribution in [3.63, 3.8) is 0 Å². The Bertz CT molecular complexity index is 1610. The predicted octanol–water partition coefficient (Wildman–Crippen LogP) is 13.3. The first-order valence-electron chi connectivity index (χ1n) is 29.2. The third-order valence-electron chi connectivity index (χ3n) is 12.9. The zero-order chi connectivity index (χ0) is 54.0. The van der Waals surface area contributed by atoms with Gasteiger partial charge in [-0.3, -0.25) is 9.59 Å². The molecule has 11 heteroatoms. The molecule has 0 bridgehead atoms. The van der Waals surface area contributed by atoms with E-state index in [4.69, 9.17) is 14.2 Å². The van der Waals surface area contributed by atoms with Gasteiger partial charge in [-0.15, -0.1) is 0 Å². The van der Waals surface area contributed by atoms with Gasteiger partial charge >= 0.3 is 5.97 Å². The largest absolute Gasteiger partial charge is 0.454 e. The van der Waals surface area contributed by atoms with Crippen molar-refractivity contribution in [2.45, 2.75) is 262 Å². The van der Waals surface area contributed by atoms with Gasteiger partial charge in [0.25, 0.3) is 0 Å². The number of ether oxygens (including phenoxy) is 3. The summed E-state index contributed by atoms with van der Waals surface area (Å²) in [4.78, 5) is 26.5. The highest BCUT2D eigenvalue weighted by atomic mass is 16.7. The normalized spacial score (nSPS) is 20.1. The summed E-state index contributed by atoms with van der Waals surface area (Å²) in [6.07, 6.45) is 57.0. The summed E-state index contributed by atoms with van der Waals surface area (Å²) in [7, 11) is 0. The molecule has 0 saturated carbocycles. The van der Waals surface area contributed by atoms with Crippen LogP contribution in [0.2, 0.25) is 0 Å². The van der Waals surface area contributed by atoms with Crippen molar-refractivity contribution in [1.29, 1.82) is 0 Å². The monoisotopic (exact) mass is 1040 g/mol. The number of amides is 1. The molecule has 11 nitrogen and oxygen atoms in total. The lowest BCUT2D eigenvalue weighted by atomic mass is 9.99. The van der Waals surface area contributed by atoms with Crippen molar-refractivity contribution in [2.75, 3.05) is 13.2 Å². The van der Waals surface area contributed by atoms with Crippen molar-refractivity contribution in [1.82, 2.24) is 5.32 Å². The van der Waals surface area contributed by atoms with Crippen molar-refractivity contribution < 1.29 is 49.3 Å². The molecule has 0 aliphatic carbocycles. The van der Waals surface area contributed by atoms with Crippen LogP contribution in [0.5, 0.6) is 0 Å². The zero-order valence-corrected chi connectivity index (χ0v) is 46.4. The number of unbranched alkanes of at least 4 members (excludes halogenated alkanes) is 17. The maximum atomic E-state index is 13.4. The first-order valence-corrected chi connectivity index (χ1v) is 29.2. The number of nitrogens with one attached hydrogen (secondary N) is 1. The van der Waals surface area contributed by atoms with Gasteiger partial charge in [0.05, 0.1) is 25.4 Å². The van der Waals surface area contributed by atoms with E-state index in [9.17, 15) is 35.1 Å². The molecule has 0 aromatic rings. The summed E-state index contributed by atoms with van der Waals surface area (Å²) in [5, 5.41) is 56.8. The van der Waals surface area contributed by atoms with Gasteiger partial charge < -0.3 is 45.1 Å². The van der Waals surface area contributed by atoms with Crippen LogP contribution in [0.3, 0.4) is 0 Å². The van der Waals surface area contributed by atoms with Gasteiger partial charge in [0, 0.05) is 6.42 Å². The maximum absolute atomic E-state index is 13.4. The molecule has 0 spiro atoms. The van der Waals surface area contributed by atoms with Crippen LogP contribution in [0, 0.1) is 0 Å². The van der Waals surface area contributed by atoms with E-state index in [1.54, 1.807) is 6.08 Å². The second-order valence-corrected chi connectivity index (χ2v) is 19.6. The fraction of sp³-hybridized carbons (Fsp3) is 0.683. The predicted molar refractivity (Wildman–Crippen MR) is 305 cm³/mol. The van der Waals surface area contributed by atoms with E-state index < -0.39 is 67.4 Å². The Hall–Kier alpha value is -3.68. The maximum Gasteiger partial charge on any atom is 0.306 e. The first kappa shape index (κ1) is 68.3. The number of esters is 1. The minimum Gasteiger partial charge on any atom is -0.454 e. The molecule has 1 rings (SSSR count). The molecule has 1 aliphatic heterocycles. The van der Waals surface area contributed by atoms with Crippen molar-refractivity contribution in [2.24, 2.45) is 0 Å². The SMILES string of the molecule is CC/C=C\C/C=C\C/C=C\C/C=C\C/C=C\CCCCCCC(O)C(=O)NC(COC1OC(CO)C(O)C(O)C1OC(=O)CCCCCC/C=C/C/C=C/C/C=C/CC)C(O)/C=C/CCCCCCCCCCC. The molecule has 422 valence electrons. The van der Waals surface area contributed by atoms with Crippen molar-refractivity contribution in [3.05, 3.63) is 109 Å². The number of aliphatic hydroxyl groups excluding tert-OH is 5. The summed E-state index contributed by atoms with van der Waals surface area (Å²) in [5.74, 6) is -1.25. The van der Waals surface area contributed by atoms with Crippen LogP contribution in [0.1, 0.15) is 213 Å². The van der Waals surface area contributed by atoms with E-state index in [0.29, 0.717) is 12.8 Å². The Labute approximate surface area is 449 Å². The average Bonchev–Trinajstić information content (AvgIpc) is 3.40. The van der Waals surface area contributed by atoms with Crippen LogP contribution in [-0.2, 0) is 23.8 Å². The van der Waals surface area contributed by atoms with E-state index in [-0.39, 0.29) is 19.4 Å². The number of carbonyl (C=O) groups excluding carboxylic acids is 2. The van der Waals surface area contributed by atoms with E-state index in [2.05, 4.69) is 123 Å². The van der Waals surface area contributed by atoms with Crippen LogP contribution >= 0.6 is 0 Å². The molecule has 74 heavy (non-hydrogen) atoms. The van der Waals surface area contributed by atoms with Crippen molar-refractivity contribution in [3.8, 4) is 0 Å². The lowest BCUT2D eigenvalue weighted by Gasteiger charge is -2.41. The van der Waals surface area contributed by atoms with Crippen LogP contribution in [0.25, 0.3) is 0 Å². The van der Waals surface area contributed by atoms with Gasteiger partial charge in [-0.25, -0.2) is 0 Å². The standard InChI is InChI=1S/C63H105NO10/c1-4-7-10-13-16-19-22-24-26-27-28-29-30-31-32-35-38-41-44-47-50-56(67)62(71)64-54(55(66)49-46-43-40-37-34-21-18-15-12-9-6-3)53-72-63-61(60(70)59(69)57(52-65)73-63)74-58(68)51-48-45-42-39-36-33-25-23-20-17-14-11-8-5-2/h7-8,10-11,16-17,19-20,24-26,28-29,31-33,46,49,54-57,59-61,63,65-67,69-70H,4-6,9,12-15,18,21-23,27,30,34-45,47-48,50-53H2,1-3H3,(H,64,71)/b10-7-,11-8+,19-16-,20-17+,26-24-,29-28-,32-31-,33-25+,49-46+. The fourth-order valence-corrected chi connectivity index (χ4v) is 8.34. The van der Waals surface area contributed by atoms with Gasteiger partial charge in [-0.1, -0.05) is 214 Å². The summed E-state index contributed by atoms with van der Waals surface area (Å²) in [5.41, 5.74) is 0. The Morgan fingerprint density at radius 3 is 1.46 bits per heavy atom. The Kier molecular flexibility index (Phi) is 46.3. The van der Waals surface area contributed by atoms with Crippen LogP contribution in [0.4, 0.5) is 0 Å². The van der Waals surface area contributed by atoms with Crippen molar-refractivity contribution >= 4 is 11.9 Å². The smallest absolute Gasteiger partial charge is 0.306 e. The third-order valence-corrected chi connectivity index (χ3v) is 12.9. The minimum atomic E-state index is -1.63. The molecule has 8 atom stereocenters. The highest BCUT2D eigenvalue weighted by molar-refractivity contribution is 5.80. The molecular weight excluding hydrogens is 931 g/mol. The van der Waals surface area contributed by atoms with E-state index >= 15 is 0 Å². The highest BCUT2D eigenvalue weighted by Gasteiger charge is 2.47. The summed E-state index contributed by atoms with van der Waals surface area (Å²) < 4.78 is 17.5. The quantitative estimate of drug-likeness (QED) is 0.0196. The van der Waals surface area contributed by atoms with Gasteiger partial charge in [0.1, 0.15) is 24.4 Å². The highest BCUT2D eigenvalue weighted by Crippen LogP contribution is 2.26. The van der Waals surface area contributed by atoms with E-state index in [0.717, 1.165) is 128 Å². The van der Waals surface area contributed by atoms with E-state index in [1.165, 1.54) is 38.5 Å². The van der Waals surface area contributed by atoms with Gasteiger partial charge in [0.2, 0.25) is 5.91 Å². The fourth-order valence-electron chi connectivity index (χ4n) is 8.34. The zero-order valence-electron chi connectivity index (χ0n) is 46.4. The molecule has 0 radical (unpaired) electrons. The van der Waals surface area contributed by atoms with Gasteiger partial charge in [-0.05, 0) is 103 Å². The van der Waals surface area contributed by atoms with Gasteiger partial charge in [0.15, 0.2) is 12.4 Å². The lowest BCUT2D eigenvalue weighted by molar-refractivity contribution is -0.305. The molecule has 1 fully saturated rings. The number of carbonyl (C=O) groups is 2. The molecule has 1 heterocycles. The molecule has 1 saturated heterocycles. The molecule has 8 unspecified atom stereocenters. The van der Waals surface area contributed by atoms with Gasteiger partial charge in [-0.2, -0.15) is 0 Å². The molecule has 6 N–H and O–H groups in total. The van der Waals surface area contributed by atoms with Crippen LogP contribution in [0.15, 0.2) is 109 Å². The minimum absolute atomic E-state index is 0.0892. The lowest BCUT2D eigenvalue weighted by Crippen LogP contribution is -2.61. The summed E-state index contributed by atoms with van der Waals surface area (Å²) in [6, 6.07) is -1.05. The number of hydrogen-bond acceptors (Lipinski definition) is 10. The summed E-state index contributed by atoms with van der Waals surface area (Å²) in [6.45, 7) is 5.50. The molecular formula is C63H105NO10. The molecule has 0 aromatic carbocycles. The molecule has 0 aromatic heterocycles. The topological polar surface area (TPSA) is 175 Å². The molecule has 1 aliphatic rings. The average molecular weight is 1040 g/mol. The Balaban J connectivity index is 2.73. The Morgan fingerprint density at radius 2 is 0.973 bits per heavy atom. The Morgan fingerprint density at radius 1 is 0.541 bits per heavy atom.